The number of alkyl halides is 1. The van der Waals surface area contributed by atoms with Crippen LogP contribution in [0.15, 0.2) is 36.4 Å². The maximum atomic E-state index is 5.68. The van der Waals surface area contributed by atoms with Crippen molar-refractivity contribution in [2.45, 2.75) is 31.5 Å². The molecule has 0 aliphatic carbocycles. The molecule has 3 rings (SSSR count). The van der Waals surface area contributed by atoms with E-state index in [1.165, 1.54) is 27.8 Å². The van der Waals surface area contributed by atoms with Crippen LogP contribution in [0.25, 0.3) is 0 Å². The van der Waals surface area contributed by atoms with E-state index in [4.69, 9.17) is 4.74 Å². The molecule has 1 nitrogen and oxygen atoms in total. The molecule has 0 spiro atoms. The van der Waals surface area contributed by atoms with Crippen LogP contribution < -0.4 is 4.74 Å². The summed E-state index contributed by atoms with van der Waals surface area (Å²) in [5.41, 5.74) is 6.63. The van der Waals surface area contributed by atoms with E-state index >= 15 is 0 Å². The second-order valence-electron chi connectivity index (χ2n) is 5.53. The zero-order chi connectivity index (χ0) is 14.1. The largest absolute Gasteiger partial charge is 0.493 e. The van der Waals surface area contributed by atoms with Crippen LogP contribution in [-0.2, 0) is 6.42 Å². The Morgan fingerprint density at radius 3 is 2.55 bits per heavy atom. The lowest BCUT2D eigenvalue weighted by Gasteiger charge is -2.20. The molecule has 0 amide bonds. The van der Waals surface area contributed by atoms with Gasteiger partial charge in [0.05, 0.1) is 11.4 Å². The molecule has 1 unspecified atom stereocenters. The van der Waals surface area contributed by atoms with Gasteiger partial charge in [-0.2, -0.15) is 0 Å². The smallest absolute Gasteiger partial charge is 0.122 e. The Hall–Kier alpha value is -1.28. The van der Waals surface area contributed by atoms with Crippen LogP contribution in [-0.4, -0.2) is 6.61 Å². The summed E-state index contributed by atoms with van der Waals surface area (Å²) in [6, 6.07) is 13.2. The Balaban J connectivity index is 1.93. The number of halogens is 1. The Labute approximate surface area is 129 Å². The zero-order valence-corrected chi connectivity index (χ0v) is 13.5. The molecule has 0 fully saturated rings. The molecule has 0 N–H and O–H groups in total. The van der Waals surface area contributed by atoms with Crippen LogP contribution in [0.1, 0.15) is 39.1 Å². The average Bonchev–Trinajstić information content (AvgIpc) is 2.49. The zero-order valence-electron chi connectivity index (χ0n) is 11.9. The molecule has 1 atom stereocenters. The molecule has 0 radical (unpaired) electrons. The second-order valence-corrected chi connectivity index (χ2v) is 6.44. The molecule has 1 aliphatic rings. The fraction of sp³-hybridized carbons (Fsp3) is 0.333. The second kappa shape index (κ2) is 5.61. The third-order valence-electron chi connectivity index (χ3n) is 4.05. The molecule has 0 bridgehead atoms. The van der Waals surface area contributed by atoms with Gasteiger partial charge >= 0.3 is 0 Å². The number of rotatable bonds is 2. The fourth-order valence-corrected chi connectivity index (χ4v) is 3.22. The Bertz CT molecular complexity index is 633. The maximum Gasteiger partial charge on any atom is 0.122 e. The van der Waals surface area contributed by atoms with E-state index in [1.807, 2.05) is 0 Å². The summed E-state index contributed by atoms with van der Waals surface area (Å²) >= 11 is 3.84. The van der Waals surface area contributed by atoms with Crippen LogP contribution in [0.4, 0.5) is 0 Å². The van der Waals surface area contributed by atoms with Gasteiger partial charge in [0.2, 0.25) is 0 Å². The quantitative estimate of drug-likeness (QED) is 0.695. The van der Waals surface area contributed by atoms with Crippen molar-refractivity contribution in [2.24, 2.45) is 0 Å². The van der Waals surface area contributed by atoms with E-state index in [0.29, 0.717) is 0 Å². The SMILES string of the molecule is Cc1ccc(C(Br)c2ccc3c(c2)CCCO3)cc1C. The van der Waals surface area contributed by atoms with Crippen molar-refractivity contribution >= 4 is 15.9 Å². The number of benzene rings is 2. The Kier molecular flexibility index (Phi) is 3.84. The topological polar surface area (TPSA) is 9.23 Å². The van der Waals surface area contributed by atoms with Gasteiger partial charge in [-0.1, -0.05) is 46.3 Å². The van der Waals surface area contributed by atoms with Gasteiger partial charge in [0.15, 0.2) is 0 Å². The number of ether oxygens (including phenoxy) is 1. The lowest BCUT2D eigenvalue weighted by atomic mass is 9.97. The van der Waals surface area contributed by atoms with E-state index in [0.717, 1.165) is 25.2 Å². The summed E-state index contributed by atoms with van der Waals surface area (Å²) in [4.78, 5) is 0.244. The van der Waals surface area contributed by atoms with Crippen molar-refractivity contribution in [3.63, 3.8) is 0 Å². The van der Waals surface area contributed by atoms with E-state index in [-0.39, 0.29) is 4.83 Å². The minimum absolute atomic E-state index is 0.244. The molecular formula is C18H19BrO. The third kappa shape index (κ3) is 2.62. The van der Waals surface area contributed by atoms with Crippen LogP contribution in [0.5, 0.6) is 5.75 Å². The predicted molar refractivity (Wildman–Crippen MR) is 86.9 cm³/mol. The Morgan fingerprint density at radius 1 is 1.00 bits per heavy atom. The van der Waals surface area contributed by atoms with Gasteiger partial charge in [-0.15, -0.1) is 0 Å². The highest BCUT2D eigenvalue weighted by atomic mass is 79.9. The number of aryl methyl sites for hydroxylation is 3. The van der Waals surface area contributed by atoms with Crippen LogP contribution >= 0.6 is 15.9 Å². The van der Waals surface area contributed by atoms with Crippen molar-refractivity contribution < 1.29 is 4.74 Å². The summed E-state index contributed by atoms with van der Waals surface area (Å²) in [6.45, 7) is 5.17. The first-order valence-corrected chi connectivity index (χ1v) is 8.03. The number of hydrogen-bond donors (Lipinski definition) is 0. The minimum atomic E-state index is 0.244. The highest BCUT2D eigenvalue weighted by molar-refractivity contribution is 9.09. The summed E-state index contributed by atoms with van der Waals surface area (Å²) in [6.07, 6.45) is 2.24. The number of fused-ring (bicyclic) bond motifs is 1. The molecule has 20 heavy (non-hydrogen) atoms. The maximum absolute atomic E-state index is 5.68. The Morgan fingerprint density at radius 2 is 1.75 bits per heavy atom. The predicted octanol–water partition coefficient (Wildman–Crippen LogP) is 5.11. The molecule has 1 aliphatic heterocycles. The summed E-state index contributed by atoms with van der Waals surface area (Å²) < 4.78 is 5.68. The number of hydrogen-bond acceptors (Lipinski definition) is 1. The van der Waals surface area contributed by atoms with Crippen LogP contribution in [0.2, 0.25) is 0 Å². The third-order valence-corrected chi connectivity index (χ3v) is 5.11. The molecule has 2 aromatic rings. The van der Waals surface area contributed by atoms with E-state index in [1.54, 1.807) is 0 Å². The van der Waals surface area contributed by atoms with E-state index < -0.39 is 0 Å². The molecule has 2 aromatic carbocycles. The lowest BCUT2D eigenvalue weighted by Crippen LogP contribution is -2.08. The monoisotopic (exact) mass is 330 g/mol. The average molecular weight is 331 g/mol. The highest BCUT2D eigenvalue weighted by Gasteiger charge is 2.15. The molecule has 0 saturated heterocycles. The van der Waals surface area contributed by atoms with Gasteiger partial charge < -0.3 is 4.74 Å². The van der Waals surface area contributed by atoms with Crippen molar-refractivity contribution in [2.75, 3.05) is 6.61 Å². The van der Waals surface area contributed by atoms with Gasteiger partial charge in [0, 0.05) is 0 Å². The standard InChI is InChI=1S/C18H19BrO/c1-12-5-6-15(10-13(12)2)18(19)16-7-8-17-14(11-16)4-3-9-20-17/h5-8,10-11,18H,3-4,9H2,1-2H3. The summed E-state index contributed by atoms with van der Waals surface area (Å²) in [5.74, 6) is 1.06. The molecule has 1 heterocycles. The first-order valence-electron chi connectivity index (χ1n) is 7.12. The van der Waals surface area contributed by atoms with Crippen molar-refractivity contribution in [1.29, 1.82) is 0 Å². The molecule has 2 heteroatoms. The van der Waals surface area contributed by atoms with E-state index in [2.05, 4.69) is 66.2 Å². The van der Waals surface area contributed by atoms with Gasteiger partial charge in [0.1, 0.15) is 5.75 Å². The summed E-state index contributed by atoms with van der Waals surface area (Å²) in [5, 5.41) is 0. The van der Waals surface area contributed by atoms with Crippen molar-refractivity contribution in [1.82, 2.24) is 0 Å². The minimum Gasteiger partial charge on any atom is -0.493 e. The van der Waals surface area contributed by atoms with Crippen molar-refractivity contribution in [3.05, 3.63) is 64.2 Å². The van der Waals surface area contributed by atoms with Crippen LogP contribution in [0.3, 0.4) is 0 Å². The van der Waals surface area contributed by atoms with Gasteiger partial charge in [-0.25, -0.2) is 0 Å². The van der Waals surface area contributed by atoms with Gasteiger partial charge in [0.25, 0.3) is 0 Å². The molecular weight excluding hydrogens is 312 g/mol. The van der Waals surface area contributed by atoms with Gasteiger partial charge in [-0.05, 0) is 60.6 Å². The van der Waals surface area contributed by atoms with E-state index in [9.17, 15) is 0 Å². The molecule has 104 valence electrons. The molecule has 0 saturated carbocycles. The first kappa shape index (κ1) is 13.7. The normalized spacial score (nSPS) is 15.3. The molecule has 0 aromatic heterocycles. The fourth-order valence-electron chi connectivity index (χ4n) is 2.65. The van der Waals surface area contributed by atoms with Crippen LogP contribution in [0, 0.1) is 13.8 Å². The van der Waals surface area contributed by atoms with Crippen molar-refractivity contribution in [3.8, 4) is 5.75 Å². The summed E-state index contributed by atoms with van der Waals surface area (Å²) in [7, 11) is 0. The highest BCUT2D eigenvalue weighted by Crippen LogP contribution is 2.35. The lowest BCUT2D eigenvalue weighted by molar-refractivity contribution is 0.288. The van der Waals surface area contributed by atoms with Gasteiger partial charge in [-0.3, -0.25) is 0 Å². The first-order chi connectivity index (χ1) is 9.65.